The van der Waals surface area contributed by atoms with Crippen LogP contribution in [0.2, 0.25) is 0 Å². The lowest BCUT2D eigenvalue weighted by atomic mass is 10.2. The summed E-state index contributed by atoms with van der Waals surface area (Å²) in [6.07, 6.45) is 2.30. The zero-order valence-electron chi connectivity index (χ0n) is 9.70. The molecule has 0 amide bonds. The van der Waals surface area contributed by atoms with Crippen LogP contribution in [0.3, 0.4) is 0 Å². The lowest BCUT2D eigenvalue weighted by Gasteiger charge is -2.25. The number of aromatic nitrogens is 1. The quantitative estimate of drug-likeness (QED) is 0.792. The molecule has 0 spiro atoms. The molecule has 1 aromatic heterocycles. The van der Waals surface area contributed by atoms with Crippen molar-refractivity contribution in [2.75, 3.05) is 23.4 Å². The highest BCUT2D eigenvalue weighted by Gasteiger charge is 2.10. The van der Waals surface area contributed by atoms with Gasteiger partial charge in [-0.25, -0.2) is 4.98 Å². The van der Waals surface area contributed by atoms with E-state index in [1.54, 1.807) is 6.07 Å². The molecule has 1 aromatic rings. The molecule has 15 heavy (non-hydrogen) atoms. The molecular weight excluding hydrogens is 188 g/mol. The second-order valence-corrected chi connectivity index (χ2v) is 3.89. The number of pyridine rings is 1. The number of nitrogens with zero attached hydrogens (tertiary/aromatic N) is 2. The molecule has 84 valence electrons. The Labute approximate surface area is 91.3 Å². The van der Waals surface area contributed by atoms with E-state index in [0.29, 0.717) is 17.5 Å². The van der Waals surface area contributed by atoms with Crippen LogP contribution >= 0.6 is 0 Å². The Morgan fingerprint density at radius 3 is 2.60 bits per heavy atom. The van der Waals surface area contributed by atoms with Crippen molar-refractivity contribution >= 4 is 17.3 Å². The van der Waals surface area contributed by atoms with Crippen LogP contribution in [0.25, 0.3) is 0 Å². The summed E-state index contributed by atoms with van der Waals surface area (Å²) in [5, 5.41) is 0. The van der Waals surface area contributed by atoms with Gasteiger partial charge < -0.3 is 16.4 Å². The summed E-state index contributed by atoms with van der Waals surface area (Å²) in [4.78, 5) is 6.38. The maximum atomic E-state index is 5.67. The Hall–Kier alpha value is -1.45. The van der Waals surface area contributed by atoms with Gasteiger partial charge in [0.05, 0.1) is 5.69 Å². The molecule has 4 N–H and O–H groups in total. The third kappa shape index (κ3) is 2.75. The van der Waals surface area contributed by atoms with E-state index >= 15 is 0 Å². The van der Waals surface area contributed by atoms with Gasteiger partial charge in [-0.1, -0.05) is 13.3 Å². The third-order valence-electron chi connectivity index (χ3n) is 2.67. The van der Waals surface area contributed by atoms with E-state index in [4.69, 9.17) is 11.5 Å². The maximum Gasteiger partial charge on any atom is 0.149 e. The summed E-state index contributed by atoms with van der Waals surface area (Å²) in [7, 11) is 2.03. The number of nitrogen functional groups attached to an aromatic ring is 2. The van der Waals surface area contributed by atoms with Crippen molar-refractivity contribution in [3.8, 4) is 0 Å². The van der Waals surface area contributed by atoms with Crippen molar-refractivity contribution in [1.82, 2.24) is 4.98 Å². The molecule has 1 heterocycles. The molecule has 1 rings (SSSR count). The number of anilines is 3. The van der Waals surface area contributed by atoms with E-state index in [1.165, 1.54) is 0 Å². The molecule has 0 aliphatic rings. The van der Waals surface area contributed by atoms with Crippen LogP contribution < -0.4 is 16.4 Å². The van der Waals surface area contributed by atoms with Gasteiger partial charge in [0.15, 0.2) is 0 Å². The van der Waals surface area contributed by atoms with Crippen LogP contribution in [-0.4, -0.2) is 18.1 Å². The van der Waals surface area contributed by atoms with E-state index in [9.17, 15) is 0 Å². The number of rotatable bonds is 4. The monoisotopic (exact) mass is 208 g/mol. The van der Waals surface area contributed by atoms with Crippen LogP contribution in [0.5, 0.6) is 0 Å². The fraction of sp³-hybridized carbons (Fsp3) is 0.545. The molecule has 1 atom stereocenters. The van der Waals surface area contributed by atoms with Crippen LogP contribution in [0.1, 0.15) is 26.7 Å². The molecule has 0 fully saturated rings. The summed E-state index contributed by atoms with van der Waals surface area (Å²) < 4.78 is 0. The van der Waals surface area contributed by atoms with Crippen molar-refractivity contribution in [3.63, 3.8) is 0 Å². The van der Waals surface area contributed by atoms with Crippen molar-refractivity contribution < 1.29 is 0 Å². The Balaban J connectivity index is 2.81. The van der Waals surface area contributed by atoms with Gasteiger partial charge in [0.25, 0.3) is 0 Å². The van der Waals surface area contributed by atoms with E-state index in [-0.39, 0.29) is 0 Å². The minimum absolute atomic E-state index is 0.406. The van der Waals surface area contributed by atoms with Gasteiger partial charge in [-0.05, 0) is 25.5 Å². The molecule has 0 bridgehead atoms. The molecule has 1 unspecified atom stereocenters. The predicted octanol–water partition coefficient (Wildman–Crippen LogP) is 1.87. The first-order valence-electron chi connectivity index (χ1n) is 5.31. The van der Waals surface area contributed by atoms with Gasteiger partial charge in [0.1, 0.15) is 11.6 Å². The normalized spacial score (nSPS) is 12.5. The number of nitrogens with two attached hydrogens (primary N) is 2. The minimum atomic E-state index is 0.406. The Bertz CT molecular complexity index is 324. The van der Waals surface area contributed by atoms with Gasteiger partial charge >= 0.3 is 0 Å². The molecule has 4 heteroatoms. The summed E-state index contributed by atoms with van der Waals surface area (Å²) in [6.45, 7) is 4.35. The largest absolute Gasteiger partial charge is 0.396 e. The van der Waals surface area contributed by atoms with Gasteiger partial charge in [0.2, 0.25) is 0 Å². The Morgan fingerprint density at radius 1 is 1.40 bits per heavy atom. The van der Waals surface area contributed by atoms with Crippen molar-refractivity contribution in [1.29, 1.82) is 0 Å². The summed E-state index contributed by atoms with van der Waals surface area (Å²) in [5.41, 5.74) is 11.8. The molecule has 4 nitrogen and oxygen atoms in total. The van der Waals surface area contributed by atoms with Gasteiger partial charge in [-0.15, -0.1) is 0 Å². The first-order valence-corrected chi connectivity index (χ1v) is 5.31. The predicted molar refractivity (Wildman–Crippen MR) is 65.8 cm³/mol. The highest BCUT2D eigenvalue weighted by molar-refractivity contribution is 5.62. The van der Waals surface area contributed by atoms with Crippen molar-refractivity contribution in [3.05, 3.63) is 12.1 Å². The average molecular weight is 208 g/mol. The second kappa shape index (κ2) is 4.87. The van der Waals surface area contributed by atoms with E-state index < -0.39 is 0 Å². The lowest BCUT2D eigenvalue weighted by molar-refractivity contribution is 0.611. The van der Waals surface area contributed by atoms with Crippen molar-refractivity contribution in [2.24, 2.45) is 0 Å². The SMILES string of the molecule is CCCC(C)N(C)c1ccc(N)c(N)n1. The molecule has 0 aliphatic heterocycles. The Kier molecular flexibility index (Phi) is 3.77. The summed E-state index contributed by atoms with van der Waals surface area (Å²) >= 11 is 0. The molecule has 0 aromatic carbocycles. The smallest absolute Gasteiger partial charge is 0.149 e. The first kappa shape index (κ1) is 11.6. The fourth-order valence-corrected chi connectivity index (χ4v) is 1.51. The van der Waals surface area contributed by atoms with Gasteiger partial charge in [0, 0.05) is 13.1 Å². The van der Waals surface area contributed by atoms with Crippen LogP contribution in [-0.2, 0) is 0 Å². The Morgan fingerprint density at radius 2 is 2.07 bits per heavy atom. The van der Waals surface area contributed by atoms with E-state index in [2.05, 4.69) is 23.7 Å². The summed E-state index contributed by atoms with van der Waals surface area (Å²) in [5.74, 6) is 1.28. The summed E-state index contributed by atoms with van der Waals surface area (Å²) in [6, 6.07) is 4.16. The second-order valence-electron chi connectivity index (χ2n) is 3.89. The topological polar surface area (TPSA) is 68.2 Å². The zero-order valence-corrected chi connectivity index (χ0v) is 9.70. The highest BCUT2D eigenvalue weighted by atomic mass is 15.2. The molecule has 0 saturated carbocycles. The average Bonchev–Trinajstić information content (AvgIpc) is 2.21. The van der Waals surface area contributed by atoms with Gasteiger partial charge in [-0.2, -0.15) is 0 Å². The van der Waals surface area contributed by atoms with Crippen molar-refractivity contribution in [2.45, 2.75) is 32.7 Å². The minimum Gasteiger partial charge on any atom is -0.396 e. The molecular formula is C11H20N4. The highest BCUT2D eigenvalue weighted by Crippen LogP contribution is 2.19. The standard InChI is InChI=1S/C11H20N4/c1-4-5-8(2)15(3)10-7-6-9(12)11(13)14-10/h6-8H,4-5,12H2,1-3H3,(H2,13,14). The van der Waals surface area contributed by atoms with Gasteiger partial charge in [-0.3, -0.25) is 0 Å². The van der Waals surface area contributed by atoms with Crippen LogP contribution in [0.15, 0.2) is 12.1 Å². The number of hydrogen-bond acceptors (Lipinski definition) is 4. The fourth-order valence-electron chi connectivity index (χ4n) is 1.51. The number of hydrogen-bond donors (Lipinski definition) is 2. The molecule has 0 radical (unpaired) electrons. The maximum absolute atomic E-state index is 5.67. The first-order chi connectivity index (χ1) is 7.06. The molecule has 0 aliphatic carbocycles. The van der Waals surface area contributed by atoms with E-state index in [1.807, 2.05) is 13.1 Å². The van der Waals surface area contributed by atoms with Crippen LogP contribution in [0, 0.1) is 0 Å². The van der Waals surface area contributed by atoms with Crippen LogP contribution in [0.4, 0.5) is 17.3 Å². The lowest BCUT2D eigenvalue weighted by Crippen LogP contribution is -2.29. The third-order valence-corrected chi connectivity index (χ3v) is 2.67. The zero-order chi connectivity index (χ0) is 11.4. The molecule has 0 saturated heterocycles. The van der Waals surface area contributed by atoms with E-state index in [0.717, 1.165) is 18.7 Å².